The molecular formula is C13H23NO3. The van der Waals surface area contributed by atoms with Gasteiger partial charge in [0.15, 0.2) is 0 Å². The third-order valence-corrected chi connectivity index (χ3v) is 2.18. The van der Waals surface area contributed by atoms with E-state index in [9.17, 15) is 9.59 Å². The predicted molar refractivity (Wildman–Crippen MR) is 67.5 cm³/mol. The Kier molecular flexibility index (Phi) is 8.11. The molecule has 0 bridgehead atoms. The van der Waals surface area contributed by atoms with E-state index < -0.39 is 0 Å². The molecule has 4 heteroatoms. The van der Waals surface area contributed by atoms with Crippen LogP contribution in [0.5, 0.6) is 0 Å². The SMILES string of the molecule is C=CC(=O)N(CCC)CCOC(=O)CC(C)C. The molecule has 1 amide bonds. The van der Waals surface area contributed by atoms with Crippen molar-refractivity contribution >= 4 is 11.9 Å². The van der Waals surface area contributed by atoms with E-state index in [0.29, 0.717) is 25.4 Å². The van der Waals surface area contributed by atoms with Crippen molar-refractivity contribution in [2.24, 2.45) is 5.92 Å². The second-order valence-corrected chi connectivity index (χ2v) is 4.35. The van der Waals surface area contributed by atoms with Gasteiger partial charge >= 0.3 is 5.97 Å². The van der Waals surface area contributed by atoms with Crippen LogP contribution in [-0.2, 0) is 14.3 Å². The third-order valence-electron chi connectivity index (χ3n) is 2.18. The molecule has 4 nitrogen and oxygen atoms in total. The van der Waals surface area contributed by atoms with Crippen LogP contribution in [0.1, 0.15) is 33.6 Å². The van der Waals surface area contributed by atoms with Gasteiger partial charge in [-0.25, -0.2) is 0 Å². The summed E-state index contributed by atoms with van der Waals surface area (Å²) in [7, 11) is 0. The zero-order valence-electron chi connectivity index (χ0n) is 11.1. The molecule has 98 valence electrons. The van der Waals surface area contributed by atoms with Crippen LogP contribution in [0.4, 0.5) is 0 Å². The summed E-state index contributed by atoms with van der Waals surface area (Å²) in [5.74, 6) is -0.0293. The lowest BCUT2D eigenvalue weighted by Gasteiger charge is -2.20. The quantitative estimate of drug-likeness (QED) is 0.482. The third kappa shape index (κ3) is 7.55. The fourth-order valence-electron chi connectivity index (χ4n) is 1.39. The highest BCUT2D eigenvalue weighted by molar-refractivity contribution is 5.86. The number of carbonyl (C=O) groups is 2. The minimum atomic E-state index is -0.206. The largest absolute Gasteiger partial charge is 0.464 e. The first-order chi connectivity index (χ1) is 8.01. The van der Waals surface area contributed by atoms with Crippen LogP contribution in [0.25, 0.3) is 0 Å². The molecule has 17 heavy (non-hydrogen) atoms. The van der Waals surface area contributed by atoms with Crippen molar-refractivity contribution in [1.29, 1.82) is 0 Å². The second kappa shape index (κ2) is 8.79. The Labute approximate surface area is 104 Å². The Morgan fingerprint density at radius 3 is 2.47 bits per heavy atom. The first-order valence-electron chi connectivity index (χ1n) is 6.08. The van der Waals surface area contributed by atoms with E-state index in [2.05, 4.69) is 6.58 Å². The van der Waals surface area contributed by atoms with E-state index in [-0.39, 0.29) is 18.5 Å². The fourth-order valence-corrected chi connectivity index (χ4v) is 1.39. The van der Waals surface area contributed by atoms with Gasteiger partial charge < -0.3 is 9.64 Å². The highest BCUT2D eigenvalue weighted by atomic mass is 16.5. The van der Waals surface area contributed by atoms with E-state index in [1.54, 1.807) is 4.90 Å². The van der Waals surface area contributed by atoms with Gasteiger partial charge in [-0.2, -0.15) is 0 Å². The van der Waals surface area contributed by atoms with Crippen molar-refractivity contribution in [1.82, 2.24) is 4.90 Å². The number of esters is 1. The maximum Gasteiger partial charge on any atom is 0.306 e. The van der Waals surface area contributed by atoms with Crippen molar-refractivity contribution in [3.63, 3.8) is 0 Å². The van der Waals surface area contributed by atoms with Gasteiger partial charge in [0.25, 0.3) is 0 Å². The fraction of sp³-hybridized carbons (Fsp3) is 0.692. The summed E-state index contributed by atoms with van der Waals surface area (Å²) in [5, 5.41) is 0. The molecule has 0 saturated carbocycles. The molecule has 0 rings (SSSR count). The zero-order chi connectivity index (χ0) is 13.3. The minimum absolute atomic E-state index is 0.119. The van der Waals surface area contributed by atoms with E-state index >= 15 is 0 Å². The molecule has 0 unspecified atom stereocenters. The molecule has 0 saturated heterocycles. The molecule has 0 N–H and O–H groups in total. The molecular weight excluding hydrogens is 218 g/mol. The van der Waals surface area contributed by atoms with Crippen molar-refractivity contribution in [2.75, 3.05) is 19.7 Å². The molecule has 0 radical (unpaired) electrons. The van der Waals surface area contributed by atoms with Gasteiger partial charge in [-0.3, -0.25) is 9.59 Å². The van der Waals surface area contributed by atoms with E-state index in [1.807, 2.05) is 20.8 Å². The Balaban J connectivity index is 3.93. The summed E-state index contributed by atoms with van der Waals surface area (Å²) in [6.45, 7) is 10.7. The average Bonchev–Trinajstić information content (AvgIpc) is 2.26. The second-order valence-electron chi connectivity index (χ2n) is 4.35. The van der Waals surface area contributed by atoms with Crippen molar-refractivity contribution in [2.45, 2.75) is 33.6 Å². The van der Waals surface area contributed by atoms with Crippen LogP contribution < -0.4 is 0 Å². The summed E-state index contributed by atoms with van der Waals surface area (Å²) in [6.07, 6.45) is 2.58. The van der Waals surface area contributed by atoms with Gasteiger partial charge in [0.05, 0.1) is 6.54 Å². The molecule has 0 spiro atoms. The number of carbonyl (C=O) groups excluding carboxylic acids is 2. The molecule has 0 aliphatic heterocycles. The number of nitrogens with zero attached hydrogens (tertiary/aromatic N) is 1. The Hall–Kier alpha value is -1.32. The Morgan fingerprint density at radius 1 is 1.35 bits per heavy atom. The normalized spacial score (nSPS) is 10.1. The lowest BCUT2D eigenvalue weighted by atomic mass is 10.1. The molecule has 0 aromatic heterocycles. The maximum atomic E-state index is 11.4. The highest BCUT2D eigenvalue weighted by Crippen LogP contribution is 2.01. The van der Waals surface area contributed by atoms with Crippen LogP contribution in [-0.4, -0.2) is 36.5 Å². The smallest absolute Gasteiger partial charge is 0.306 e. The molecule has 0 atom stereocenters. The lowest BCUT2D eigenvalue weighted by molar-refractivity contribution is -0.146. The molecule has 0 aliphatic carbocycles. The Bertz CT molecular complexity index is 261. The van der Waals surface area contributed by atoms with Crippen LogP contribution in [0.15, 0.2) is 12.7 Å². The number of rotatable bonds is 8. The van der Waals surface area contributed by atoms with Gasteiger partial charge in [-0.05, 0) is 18.4 Å². The summed E-state index contributed by atoms with van der Waals surface area (Å²) in [5.41, 5.74) is 0. The van der Waals surface area contributed by atoms with Gasteiger partial charge in [-0.1, -0.05) is 27.4 Å². The standard InChI is InChI=1S/C13H23NO3/c1-5-7-14(12(15)6-2)8-9-17-13(16)10-11(3)4/h6,11H,2,5,7-10H2,1,3-4H3. The number of amides is 1. The van der Waals surface area contributed by atoms with Gasteiger partial charge in [0.2, 0.25) is 5.91 Å². The van der Waals surface area contributed by atoms with E-state index in [0.717, 1.165) is 6.42 Å². The first kappa shape index (κ1) is 15.7. The monoisotopic (exact) mass is 241 g/mol. The molecule has 0 heterocycles. The molecule has 0 fully saturated rings. The van der Waals surface area contributed by atoms with E-state index in [1.165, 1.54) is 6.08 Å². The van der Waals surface area contributed by atoms with Crippen molar-refractivity contribution in [3.8, 4) is 0 Å². The van der Waals surface area contributed by atoms with Gasteiger partial charge in [0.1, 0.15) is 6.61 Å². The van der Waals surface area contributed by atoms with Gasteiger partial charge in [0, 0.05) is 13.0 Å². The summed E-state index contributed by atoms with van der Waals surface area (Å²) >= 11 is 0. The first-order valence-corrected chi connectivity index (χ1v) is 6.08. The Morgan fingerprint density at radius 2 is 2.00 bits per heavy atom. The lowest BCUT2D eigenvalue weighted by Crippen LogP contribution is -2.33. The molecule has 0 aromatic carbocycles. The highest BCUT2D eigenvalue weighted by Gasteiger charge is 2.10. The number of hydrogen-bond acceptors (Lipinski definition) is 3. The average molecular weight is 241 g/mol. The van der Waals surface area contributed by atoms with Crippen molar-refractivity contribution < 1.29 is 14.3 Å². The van der Waals surface area contributed by atoms with Gasteiger partial charge in [-0.15, -0.1) is 0 Å². The molecule has 0 aliphatic rings. The maximum absolute atomic E-state index is 11.4. The predicted octanol–water partition coefficient (Wildman–Crippen LogP) is 2.00. The minimum Gasteiger partial charge on any atom is -0.464 e. The number of hydrogen-bond donors (Lipinski definition) is 0. The zero-order valence-corrected chi connectivity index (χ0v) is 11.1. The summed E-state index contributed by atoms with van der Waals surface area (Å²) in [6, 6.07) is 0. The van der Waals surface area contributed by atoms with Crippen molar-refractivity contribution in [3.05, 3.63) is 12.7 Å². The van der Waals surface area contributed by atoms with Crippen LogP contribution in [0.3, 0.4) is 0 Å². The number of ether oxygens (including phenoxy) is 1. The molecule has 0 aromatic rings. The van der Waals surface area contributed by atoms with Crippen LogP contribution in [0.2, 0.25) is 0 Å². The summed E-state index contributed by atoms with van der Waals surface area (Å²) in [4.78, 5) is 24.3. The van der Waals surface area contributed by atoms with Crippen LogP contribution >= 0.6 is 0 Å². The van der Waals surface area contributed by atoms with E-state index in [4.69, 9.17) is 4.74 Å². The topological polar surface area (TPSA) is 46.6 Å². The summed E-state index contributed by atoms with van der Waals surface area (Å²) < 4.78 is 5.06. The van der Waals surface area contributed by atoms with Crippen LogP contribution in [0, 0.1) is 5.92 Å².